The van der Waals surface area contributed by atoms with Crippen molar-refractivity contribution in [2.24, 2.45) is 0 Å². The minimum Gasteiger partial charge on any atom is -0.437 e. The normalized spacial score (nSPS) is 11.2. The molecule has 172 valence electrons. The van der Waals surface area contributed by atoms with E-state index in [4.69, 9.17) is 9.47 Å². The van der Waals surface area contributed by atoms with Gasteiger partial charge in [-0.2, -0.15) is 4.52 Å². The minimum absolute atomic E-state index is 0.00853. The summed E-state index contributed by atoms with van der Waals surface area (Å²) < 4.78 is 26.7. The number of thiazole rings is 1. The van der Waals surface area contributed by atoms with E-state index in [1.165, 1.54) is 35.2 Å². The van der Waals surface area contributed by atoms with E-state index in [2.05, 4.69) is 25.6 Å². The molecule has 34 heavy (non-hydrogen) atoms. The predicted octanol–water partition coefficient (Wildman–Crippen LogP) is 4.79. The van der Waals surface area contributed by atoms with Crippen LogP contribution in [0.15, 0.2) is 64.6 Å². The largest absolute Gasteiger partial charge is 0.437 e. The Morgan fingerprint density at radius 3 is 2.94 bits per heavy atom. The molecule has 0 radical (unpaired) electrons. The van der Waals surface area contributed by atoms with Gasteiger partial charge in [-0.1, -0.05) is 17.4 Å². The van der Waals surface area contributed by atoms with E-state index in [9.17, 15) is 9.18 Å². The molecule has 0 fully saturated rings. The molecular formula is C22H17FN6O3S2. The number of carbonyl (C=O) groups is 1. The molecule has 5 aromatic rings. The summed E-state index contributed by atoms with van der Waals surface area (Å²) in [5.41, 5.74) is 1.32. The molecule has 3 heterocycles. The molecular weight excluding hydrogens is 479 g/mol. The maximum absolute atomic E-state index is 13.4. The van der Waals surface area contributed by atoms with E-state index in [-0.39, 0.29) is 18.4 Å². The van der Waals surface area contributed by atoms with E-state index in [0.717, 1.165) is 15.1 Å². The molecule has 0 spiro atoms. The van der Waals surface area contributed by atoms with Crippen LogP contribution in [0.2, 0.25) is 0 Å². The Labute approximate surface area is 200 Å². The van der Waals surface area contributed by atoms with E-state index in [0.29, 0.717) is 28.3 Å². The van der Waals surface area contributed by atoms with Crippen LogP contribution in [-0.4, -0.2) is 43.9 Å². The lowest BCUT2D eigenvalue weighted by Crippen LogP contribution is -2.17. The lowest BCUT2D eigenvalue weighted by Gasteiger charge is -2.05. The highest BCUT2D eigenvalue weighted by Gasteiger charge is 2.13. The maximum Gasteiger partial charge on any atom is 0.252 e. The number of aromatic nitrogens is 5. The van der Waals surface area contributed by atoms with Gasteiger partial charge in [0.1, 0.15) is 18.2 Å². The van der Waals surface area contributed by atoms with Crippen molar-refractivity contribution >= 4 is 50.0 Å². The standard InChI is InChI=1S/C22H17FN6O3S2/c1-2-31-12-19(30)25-21-24-16-7-6-15(11-17(16)34-21)33-22-27-26-18-8-9-20(28-29(18)22)32-14-5-3-4-13(23)10-14/h3-11H,2,12H2,1H3,(H,24,25,30). The van der Waals surface area contributed by atoms with Crippen molar-refractivity contribution in [3.05, 3.63) is 60.4 Å². The van der Waals surface area contributed by atoms with Gasteiger partial charge < -0.3 is 9.47 Å². The zero-order valence-corrected chi connectivity index (χ0v) is 19.4. The number of halogens is 1. The number of hydrogen-bond donors (Lipinski definition) is 1. The molecule has 0 bridgehead atoms. The third-order valence-electron chi connectivity index (χ3n) is 4.48. The summed E-state index contributed by atoms with van der Waals surface area (Å²) in [6.45, 7) is 2.29. The van der Waals surface area contributed by atoms with E-state index >= 15 is 0 Å². The fourth-order valence-corrected chi connectivity index (χ4v) is 4.82. The molecule has 0 saturated carbocycles. The summed E-state index contributed by atoms with van der Waals surface area (Å²) in [7, 11) is 0. The van der Waals surface area contributed by atoms with Crippen LogP contribution in [0.1, 0.15) is 6.92 Å². The number of fused-ring (bicyclic) bond motifs is 2. The smallest absolute Gasteiger partial charge is 0.252 e. The summed E-state index contributed by atoms with van der Waals surface area (Å²) in [4.78, 5) is 17.2. The average Bonchev–Trinajstić information content (AvgIpc) is 3.40. The van der Waals surface area contributed by atoms with Gasteiger partial charge in [0, 0.05) is 23.6 Å². The minimum atomic E-state index is -0.394. The van der Waals surface area contributed by atoms with Crippen LogP contribution in [0.4, 0.5) is 9.52 Å². The van der Waals surface area contributed by atoms with Crippen LogP contribution in [0.5, 0.6) is 11.6 Å². The van der Waals surface area contributed by atoms with Gasteiger partial charge in [-0.05, 0) is 55.1 Å². The first-order valence-corrected chi connectivity index (χ1v) is 11.8. The van der Waals surface area contributed by atoms with Gasteiger partial charge in [0.05, 0.1) is 10.2 Å². The van der Waals surface area contributed by atoms with Gasteiger partial charge in [-0.25, -0.2) is 9.37 Å². The average molecular weight is 497 g/mol. The lowest BCUT2D eigenvalue weighted by molar-refractivity contribution is -0.120. The van der Waals surface area contributed by atoms with Gasteiger partial charge >= 0.3 is 0 Å². The number of amides is 1. The third-order valence-corrected chi connectivity index (χ3v) is 6.34. The second-order valence-electron chi connectivity index (χ2n) is 6.92. The number of carbonyl (C=O) groups excluding carboxylic acids is 1. The van der Waals surface area contributed by atoms with Crippen LogP contribution in [0, 0.1) is 5.82 Å². The Hall–Kier alpha value is -3.61. The van der Waals surface area contributed by atoms with Crippen LogP contribution < -0.4 is 10.1 Å². The van der Waals surface area contributed by atoms with Crippen LogP contribution in [-0.2, 0) is 9.53 Å². The van der Waals surface area contributed by atoms with Crippen LogP contribution >= 0.6 is 23.1 Å². The monoisotopic (exact) mass is 496 g/mol. The van der Waals surface area contributed by atoms with Crippen molar-refractivity contribution < 1.29 is 18.7 Å². The molecule has 0 aliphatic rings. The predicted molar refractivity (Wildman–Crippen MR) is 126 cm³/mol. The van der Waals surface area contributed by atoms with E-state index in [1.807, 2.05) is 25.1 Å². The highest BCUT2D eigenvalue weighted by atomic mass is 32.2. The van der Waals surface area contributed by atoms with E-state index < -0.39 is 5.82 Å². The molecule has 3 aromatic heterocycles. The van der Waals surface area contributed by atoms with Gasteiger partial charge in [-0.15, -0.1) is 15.3 Å². The Balaban J connectivity index is 1.35. The summed E-state index contributed by atoms with van der Waals surface area (Å²) in [6, 6.07) is 15.0. The topological polar surface area (TPSA) is 104 Å². The highest BCUT2D eigenvalue weighted by molar-refractivity contribution is 7.99. The van der Waals surface area contributed by atoms with Crippen molar-refractivity contribution in [3.63, 3.8) is 0 Å². The zero-order chi connectivity index (χ0) is 23.5. The molecule has 0 atom stereocenters. The summed E-state index contributed by atoms with van der Waals surface area (Å²) in [5.74, 6) is -0.0126. The highest BCUT2D eigenvalue weighted by Crippen LogP contribution is 2.33. The molecule has 0 aliphatic carbocycles. The zero-order valence-electron chi connectivity index (χ0n) is 17.8. The number of ether oxygens (including phenoxy) is 2. The van der Waals surface area contributed by atoms with E-state index in [1.54, 1.807) is 28.8 Å². The summed E-state index contributed by atoms with van der Waals surface area (Å²) in [6.07, 6.45) is 0. The van der Waals surface area contributed by atoms with Crippen molar-refractivity contribution in [1.29, 1.82) is 0 Å². The third kappa shape index (κ3) is 4.98. The number of nitrogens with zero attached hydrogens (tertiary/aromatic N) is 5. The molecule has 0 saturated heterocycles. The second-order valence-corrected chi connectivity index (χ2v) is 8.99. The van der Waals surface area contributed by atoms with Crippen LogP contribution in [0.25, 0.3) is 15.9 Å². The Morgan fingerprint density at radius 2 is 2.09 bits per heavy atom. The first kappa shape index (κ1) is 22.2. The van der Waals surface area contributed by atoms with Crippen molar-refractivity contribution in [2.45, 2.75) is 17.0 Å². The number of anilines is 1. The first-order valence-electron chi connectivity index (χ1n) is 10.2. The van der Waals surface area contributed by atoms with Crippen LogP contribution in [0.3, 0.4) is 0 Å². The molecule has 0 aliphatic heterocycles. The first-order chi connectivity index (χ1) is 16.6. The number of rotatable bonds is 8. The fourth-order valence-electron chi connectivity index (χ4n) is 3.00. The summed E-state index contributed by atoms with van der Waals surface area (Å²) >= 11 is 2.75. The summed E-state index contributed by atoms with van der Waals surface area (Å²) in [5, 5.41) is 16.6. The Kier molecular flexibility index (Phi) is 6.34. The van der Waals surface area contributed by atoms with Gasteiger partial charge in [-0.3, -0.25) is 10.1 Å². The molecule has 1 amide bonds. The van der Waals surface area contributed by atoms with Crippen molar-refractivity contribution in [2.75, 3.05) is 18.5 Å². The maximum atomic E-state index is 13.4. The molecule has 2 aromatic carbocycles. The lowest BCUT2D eigenvalue weighted by atomic mass is 10.3. The van der Waals surface area contributed by atoms with Gasteiger partial charge in [0.2, 0.25) is 11.0 Å². The molecule has 12 heteroatoms. The number of hydrogen-bond acceptors (Lipinski definition) is 9. The Bertz CT molecular complexity index is 1490. The molecule has 0 unspecified atom stereocenters. The van der Waals surface area contributed by atoms with Crippen molar-refractivity contribution in [3.8, 4) is 11.6 Å². The number of nitrogens with one attached hydrogen (secondary N) is 1. The quantitative estimate of drug-likeness (QED) is 0.327. The SMILES string of the molecule is CCOCC(=O)Nc1nc2ccc(Sc3nnc4ccc(Oc5cccc(F)c5)nn34)cc2s1. The molecule has 1 N–H and O–H groups in total. The van der Waals surface area contributed by atoms with Gasteiger partial charge in [0.25, 0.3) is 5.91 Å². The van der Waals surface area contributed by atoms with Crippen molar-refractivity contribution in [1.82, 2.24) is 24.8 Å². The fraction of sp³-hybridized carbons (Fsp3) is 0.136. The molecule has 9 nitrogen and oxygen atoms in total. The second kappa shape index (κ2) is 9.71. The molecule has 5 rings (SSSR count). The number of benzene rings is 2. The van der Waals surface area contributed by atoms with Gasteiger partial charge in [0.15, 0.2) is 10.8 Å². The Morgan fingerprint density at radius 1 is 1.18 bits per heavy atom.